The third-order valence-corrected chi connectivity index (χ3v) is 3.16. The molecular weight excluding hydrogens is 218 g/mol. The van der Waals surface area contributed by atoms with Crippen molar-refractivity contribution >= 4 is 0 Å². The molecule has 4 heteroatoms. The third kappa shape index (κ3) is 4.92. The van der Waals surface area contributed by atoms with Gasteiger partial charge in [0.1, 0.15) is 0 Å². The summed E-state index contributed by atoms with van der Waals surface area (Å²) in [6.45, 7) is 13.5. The molecule has 0 spiro atoms. The summed E-state index contributed by atoms with van der Waals surface area (Å²) in [7, 11) is 0. The largest absolute Gasteiger partial charge is 0.378 e. The Morgan fingerprint density at radius 3 is 2.41 bits per heavy atom. The maximum atomic E-state index is 5.56. The second kappa shape index (κ2) is 7.31. The lowest BCUT2D eigenvalue weighted by Gasteiger charge is -2.42. The molecule has 0 saturated carbocycles. The molecule has 0 aromatic rings. The van der Waals surface area contributed by atoms with E-state index in [0.29, 0.717) is 13.2 Å². The van der Waals surface area contributed by atoms with Crippen LogP contribution in [0.25, 0.3) is 0 Å². The molecule has 1 rings (SSSR count). The van der Waals surface area contributed by atoms with E-state index >= 15 is 0 Å². The van der Waals surface area contributed by atoms with E-state index in [0.717, 1.165) is 32.7 Å². The number of ether oxygens (including phenoxy) is 3. The molecule has 0 unspecified atom stereocenters. The first-order chi connectivity index (χ1) is 8.10. The van der Waals surface area contributed by atoms with Gasteiger partial charge in [0.15, 0.2) is 6.29 Å². The molecule has 1 saturated heterocycles. The van der Waals surface area contributed by atoms with Crippen LogP contribution in [0.1, 0.15) is 34.1 Å². The maximum absolute atomic E-state index is 5.56. The molecule has 17 heavy (non-hydrogen) atoms. The van der Waals surface area contributed by atoms with Gasteiger partial charge in [0.2, 0.25) is 0 Å². The van der Waals surface area contributed by atoms with Crippen molar-refractivity contribution in [1.82, 2.24) is 4.90 Å². The molecule has 0 aromatic carbocycles. The molecule has 4 nitrogen and oxygen atoms in total. The van der Waals surface area contributed by atoms with Crippen molar-refractivity contribution in [2.75, 3.05) is 39.5 Å². The minimum absolute atomic E-state index is 0.0661. The van der Waals surface area contributed by atoms with Gasteiger partial charge in [-0.2, -0.15) is 0 Å². The van der Waals surface area contributed by atoms with Gasteiger partial charge in [-0.05, 0) is 27.7 Å². The average molecular weight is 245 g/mol. The van der Waals surface area contributed by atoms with Gasteiger partial charge in [0.05, 0.1) is 13.2 Å². The Hall–Kier alpha value is -0.160. The molecule has 102 valence electrons. The summed E-state index contributed by atoms with van der Waals surface area (Å²) < 4.78 is 16.6. The Bertz CT molecular complexity index is 203. The zero-order valence-corrected chi connectivity index (χ0v) is 11.7. The summed E-state index contributed by atoms with van der Waals surface area (Å²) in [5.41, 5.74) is 0.126. The predicted octanol–water partition coefficient (Wildman–Crippen LogP) is 1.89. The van der Waals surface area contributed by atoms with E-state index in [-0.39, 0.29) is 11.8 Å². The van der Waals surface area contributed by atoms with E-state index in [1.807, 2.05) is 13.8 Å². The SMILES string of the molecule is CCOC(CCN1CCOCC1(C)C)OCC. The van der Waals surface area contributed by atoms with E-state index in [2.05, 4.69) is 18.7 Å². The Morgan fingerprint density at radius 1 is 1.24 bits per heavy atom. The van der Waals surface area contributed by atoms with Gasteiger partial charge in [-0.25, -0.2) is 0 Å². The quantitative estimate of drug-likeness (QED) is 0.641. The second-order valence-corrected chi connectivity index (χ2v) is 4.98. The monoisotopic (exact) mass is 245 g/mol. The zero-order chi connectivity index (χ0) is 12.7. The van der Waals surface area contributed by atoms with Crippen molar-refractivity contribution in [3.05, 3.63) is 0 Å². The Labute approximate surface area is 105 Å². The van der Waals surface area contributed by atoms with Crippen molar-refractivity contribution in [3.8, 4) is 0 Å². The summed E-state index contributed by atoms with van der Waals surface area (Å²) in [6, 6.07) is 0. The van der Waals surface area contributed by atoms with Crippen molar-refractivity contribution in [3.63, 3.8) is 0 Å². The molecule has 1 heterocycles. The highest BCUT2D eigenvalue weighted by atomic mass is 16.7. The van der Waals surface area contributed by atoms with Gasteiger partial charge in [-0.1, -0.05) is 0 Å². The van der Waals surface area contributed by atoms with E-state index < -0.39 is 0 Å². The molecule has 1 aliphatic heterocycles. The molecule has 1 aliphatic rings. The number of nitrogens with zero attached hydrogens (tertiary/aromatic N) is 1. The Balaban J connectivity index is 2.36. The van der Waals surface area contributed by atoms with Crippen LogP contribution in [-0.4, -0.2) is 56.2 Å². The standard InChI is InChI=1S/C13H27NO3/c1-5-16-12(17-6-2)7-8-14-9-10-15-11-13(14,3)4/h12H,5-11H2,1-4H3. The fourth-order valence-electron chi connectivity index (χ4n) is 2.15. The van der Waals surface area contributed by atoms with Gasteiger partial charge < -0.3 is 14.2 Å². The lowest BCUT2D eigenvalue weighted by molar-refractivity contribution is -0.147. The fourth-order valence-corrected chi connectivity index (χ4v) is 2.15. The molecule has 0 amide bonds. The maximum Gasteiger partial charge on any atom is 0.158 e. The molecule has 0 aromatic heterocycles. The lowest BCUT2D eigenvalue weighted by atomic mass is 10.0. The summed E-state index contributed by atoms with van der Waals surface area (Å²) in [5, 5.41) is 0. The Kier molecular flexibility index (Phi) is 6.41. The highest BCUT2D eigenvalue weighted by Crippen LogP contribution is 2.19. The number of hydrogen-bond acceptors (Lipinski definition) is 4. The molecule has 1 fully saturated rings. The van der Waals surface area contributed by atoms with Crippen LogP contribution in [0.3, 0.4) is 0 Å². The average Bonchev–Trinajstić information content (AvgIpc) is 2.27. The van der Waals surface area contributed by atoms with Crippen LogP contribution in [0.5, 0.6) is 0 Å². The zero-order valence-electron chi connectivity index (χ0n) is 11.7. The first-order valence-corrected chi connectivity index (χ1v) is 6.66. The number of hydrogen-bond donors (Lipinski definition) is 0. The Morgan fingerprint density at radius 2 is 1.88 bits per heavy atom. The van der Waals surface area contributed by atoms with Gasteiger partial charge >= 0.3 is 0 Å². The normalized spacial score (nSPS) is 21.0. The van der Waals surface area contributed by atoms with Crippen molar-refractivity contribution in [1.29, 1.82) is 0 Å². The lowest BCUT2D eigenvalue weighted by Crippen LogP contribution is -2.53. The summed E-state index contributed by atoms with van der Waals surface area (Å²) in [4.78, 5) is 2.46. The minimum atomic E-state index is -0.0661. The fraction of sp³-hybridized carbons (Fsp3) is 1.00. The smallest absolute Gasteiger partial charge is 0.158 e. The van der Waals surface area contributed by atoms with Crippen LogP contribution >= 0.6 is 0 Å². The van der Waals surface area contributed by atoms with Crippen molar-refractivity contribution in [2.24, 2.45) is 0 Å². The van der Waals surface area contributed by atoms with Gasteiger partial charge in [0.25, 0.3) is 0 Å². The van der Waals surface area contributed by atoms with Crippen LogP contribution in [0.4, 0.5) is 0 Å². The number of rotatable bonds is 7. The molecular formula is C13H27NO3. The van der Waals surface area contributed by atoms with E-state index in [9.17, 15) is 0 Å². The van der Waals surface area contributed by atoms with Crippen LogP contribution in [-0.2, 0) is 14.2 Å². The van der Waals surface area contributed by atoms with Gasteiger partial charge in [-0.15, -0.1) is 0 Å². The predicted molar refractivity (Wildman–Crippen MR) is 68.1 cm³/mol. The molecule has 0 N–H and O–H groups in total. The third-order valence-electron chi connectivity index (χ3n) is 3.16. The number of morpholine rings is 1. The molecule has 0 atom stereocenters. The summed E-state index contributed by atoms with van der Waals surface area (Å²) in [5.74, 6) is 0. The van der Waals surface area contributed by atoms with E-state index in [1.165, 1.54) is 0 Å². The highest BCUT2D eigenvalue weighted by Gasteiger charge is 2.30. The summed E-state index contributed by atoms with van der Waals surface area (Å²) >= 11 is 0. The van der Waals surface area contributed by atoms with Gasteiger partial charge in [-0.3, -0.25) is 4.90 Å². The van der Waals surface area contributed by atoms with Crippen molar-refractivity contribution in [2.45, 2.75) is 45.9 Å². The molecule has 0 aliphatic carbocycles. The van der Waals surface area contributed by atoms with Gasteiger partial charge in [0, 0.05) is 38.3 Å². The minimum Gasteiger partial charge on any atom is -0.378 e. The van der Waals surface area contributed by atoms with Crippen LogP contribution in [0.2, 0.25) is 0 Å². The molecule has 0 bridgehead atoms. The van der Waals surface area contributed by atoms with Crippen LogP contribution < -0.4 is 0 Å². The first-order valence-electron chi connectivity index (χ1n) is 6.66. The highest BCUT2D eigenvalue weighted by molar-refractivity contribution is 4.84. The topological polar surface area (TPSA) is 30.9 Å². The van der Waals surface area contributed by atoms with Crippen LogP contribution in [0.15, 0.2) is 0 Å². The molecule has 0 radical (unpaired) electrons. The first kappa shape index (κ1) is 14.9. The van der Waals surface area contributed by atoms with Crippen molar-refractivity contribution < 1.29 is 14.2 Å². The second-order valence-electron chi connectivity index (χ2n) is 4.98. The van der Waals surface area contributed by atoms with E-state index in [4.69, 9.17) is 14.2 Å². The van der Waals surface area contributed by atoms with Crippen LogP contribution in [0, 0.1) is 0 Å². The summed E-state index contributed by atoms with van der Waals surface area (Å²) in [6.07, 6.45) is 0.856. The van der Waals surface area contributed by atoms with E-state index in [1.54, 1.807) is 0 Å².